The first kappa shape index (κ1) is 9.00. The topological polar surface area (TPSA) is 43.8 Å². The first-order valence-electron chi connectivity index (χ1n) is 3.94. The van der Waals surface area contributed by atoms with E-state index in [-0.39, 0.29) is 6.04 Å². The lowest BCUT2D eigenvalue weighted by molar-refractivity contribution is 0.664. The number of aryl methyl sites for hydroxylation is 2. The van der Waals surface area contributed by atoms with Crippen molar-refractivity contribution in [1.82, 2.24) is 9.78 Å². The second kappa shape index (κ2) is 3.11. The van der Waals surface area contributed by atoms with E-state index in [1.165, 1.54) is 0 Å². The van der Waals surface area contributed by atoms with Crippen molar-refractivity contribution < 1.29 is 0 Å². The number of rotatable bonds is 2. The lowest BCUT2D eigenvalue weighted by Gasteiger charge is -2.10. The first-order chi connectivity index (χ1) is 5.52. The third-order valence-electron chi connectivity index (χ3n) is 1.89. The summed E-state index contributed by atoms with van der Waals surface area (Å²) >= 11 is 0. The smallest absolute Gasteiger partial charge is 0.0677 e. The van der Waals surface area contributed by atoms with E-state index in [0.717, 1.165) is 17.0 Å². The summed E-state index contributed by atoms with van der Waals surface area (Å²) in [7, 11) is 1.89. The van der Waals surface area contributed by atoms with Crippen LogP contribution in [-0.2, 0) is 7.05 Å². The molecule has 0 saturated carbocycles. The molecule has 0 aliphatic rings. The van der Waals surface area contributed by atoms with Gasteiger partial charge >= 0.3 is 0 Å². The quantitative estimate of drug-likeness (QED) is 0.671. The van der Waals surface area contributed by atoms with Crippen molar-refractivity contribution in [3.63, 3.8) is 0 Å². The van der Waals surface area contributed by atoms with Gasteiger partial charge in [0.05, 0.1) is 17.4 Å². The Bertz CT molecular complexity index is 299. The van der Waals surface area contributed by atoms with E-state index in [9.17, 15) is 0 Å². The molecule has 0 fully saturated rings. The van der Waals surface area contributed by atoms with E-state index in [4.69, 9.17) is 5.73 Å². The maximum Gasteiger partial charge on any atom is 0.0677 e. The molecule has 1 aromatic heterocycles. The molecule has 0 aromatic carbocycles. The van der Waals surface area contributed by atoms with Crippen LogP contribution in [0.4, 0.5) is 0 Å². The van der Waals surface area contributed by atoms with E-state index in [2.05, 4.69) is 11.7 Å². The van der Waals surface area contributed by atoms with Crippen LogP contribution in [0.1, 0.15) is 24.4 Å². The number of nitrogens with two attached hydrogens (primary N) is 1. The summed E-state index contributed by atoms with van der Waals surface area (Å²) in [6, 6.07) is 1.88. The third-order valence-corrected chi connectivity index (χ3v) is 1.89. The SMILES string of the molecule is C=C(C)C(N)c1cc(C)nn1C. The van der Waals surface area contributed by atoms with E-state index in [1.54, 1.807) is 4.68 Å². The van der Waals surface area contributed by atoms with Crippen LogP contribution in [0.5, 0.6) is 0 Å². The largest absolute Gasteiger partial charge is 0.319 e. The number of hydrogen-bond acceptors (Lipinski definition) is 2. The van der Waals surface area contributed by atoms with Crippen molar-refractivity contribution >= 4 is 0 Å². The highest BCUT2D eigenvalue weighted by atomic mass is 15.3. The Balaban J connectivity index is 3.02. The second-order valence-electron chi connectivity index (χ2n) is 3.16. The van der Waals surface area contributed by atoms with Gasteiger partial charge in [0.1, 0.15) is 0 Å². The molecule has 0 radical (unpaired) electrons. The minimum Gasteiger partial charge on any atom is -0.319 e. The van der Waals surface area contributed by atoms with Crippen molar-refractivity contribution in [3.8, 4) is 0 Å². The molecule has 0 aliphatic heterocycles. The van der Waals surface area contributed by atoms with Gasteiger partial charge in [0.25, 0.3) is 0 Å². The monoisotopic (exact) mass is 165 g/mol. The van der Waals surface area contributed by atoms with Crippen molar-refractivity contribution in [2.75, 3.05) is 0 Å². The molecule has 3 nitrogen and oxygen atoms in total. The van der Waals surface area contributed by atoms with Crippen LogP contribution in [-0.4, -0.2) is 9.78 Å². The predicted octanol–water partition coefficient (Wildman–Crippen LogP) is 1.30. The van der Waals surface area contributed by atoms with Gasteiger partial charge in [0, 0.05) is 7.05 Å². The van der Waals surface area contributed by atoms with Gasteiger partial charge in [-0.05, 0) is 19.9 Å². The lowest BCUT2D eigenvalue weighted by atomic mass is 10.1. The molecular weight excluding hydrogens is 150 g/mol. The van der Waals surface area contributed by atoms with Crippen LogP contribution in [0.25, 0.3) is 0 Å². The maximum atomic E-state index is 5.89. The zero-order valence-corrected chi connectivity index (χ0v) is 7.83. The number of hydrogen-bond donors (Lipinski definition) is 1. The molecule has 1 atom stereocenters. The van der Waals surface area contributed by atoms with Crippen molar-refractivity contribution in [2.45, 2.75) is 19.9 Å². The molecular formula is C9H15N3. The molecule has 0 bridgehead atoms. The Morgan fingerprint density at radius 1 is 1.75 bits per heavy atom. The highest BCUT2D eigenvalue weighted by molar-refractivity contribution is 5.20. The summed E-state index contributed by atoms with van der Waals surface area (Å²) in [5, 5.41) is 4.21. The summed E-state index contributed by atoms with van der Waals surface area (Å²) in [6.45, 7) is 7.69. The van der Waals surface area contributed by atoms with Gasteiger partial charge in [-0.1, -0.05) is 12.2 Å². The molecule has 3 heteroatoms. The minimum absolute atomic E-state index is 0.101. The van der Waals surface area contributed by atoms with Crippen LogP contribution in [0.3, 0.4) is 0 Å². The standard InChI is InChI=1S/C9H15N3/c1-6(2)9(10)8-5-7(3)11-12(8)4/h5,9H,1,10H2,2-4H3. The zero-order chi connectivity index (χ0) is 9.30. The number of aromatic nitrogens is 2. The van der Waals surface area contributed by atoms with Gasteiger partial charge in [-0.2, -0.15) is 5.10 Å². The molecule has 1 unspecified atom stereocenters. The summed E-state index contributed by atoms with van der Waals surface area (Å²) in [4.78, 5) is 0. The van der Waals surface area contributed by atoms with Gasteiger partial charge in [-0.3, -0.25) is 4.68 Å². The average molecular weight is 165 g/mol. The van der Waals surface area contributed by atoms with Crippen LogP contribution in [0, 0.1) is 6.92 Å². The van der Waals surface area contributed by atoms with E-state index in [0.29, 0.717) is 0 Å². The first-order valence-corrected chi connectivity index (χ1v) is 3.94. The molecule has 66 valence electrons. The van der Waals surface area contributed by atoms with E-state index < -0.39 is 0 Å². The summed E-state index contributed by atoms with van der Waals surface area (Å²) in [6.07, 6.45) is 0. The van der Waals surface area contributed by atoms with Crippen molar-refractivity contribution in [3.05, 3.63) is 29.6 Å². The Morgan fingerprint density at radius 2 is 2.33 bits per heavy atom. The Labute approximate surface area is 72.9 Å². The van der Waals surface area contributed by atoms with E-state index >= 15 is 0 Å². The fourth-order valence-corrected chi connectivity index (χ4v) is 1.17. The van der Waals surface area contributed by atoms with Crippen molar-refractivity contribution in [1.29, 1.82) is 0 Å². The van der Waals surface area contributed by atoms with Crippen molar-refractivity contribution in [2.24, 2.45) is 12.8 Å². The van der Waals surface area contributed by atoms with Crippen LogP contribution >= 0.6 is 0 Å². The molecule has 0 spiro atoms. The third kappa shape index (κ3) is 1.56. The number of nitrogens with zero attached hydrogens (tertiary/aromatic N) is 2. The van der Waals surface area contributed by atoms with Gasteiger partial charge < -0.3 is 5.73 Å². The Hall–Kier alpha value is -1.09. The molecule has 2 N–H and O–H groups in total. The van der Waals surface area contributed by atoms with Gasteiger partial charge in [0.15, 0.2) is 0 Å². The van der Waals surface area contributed by atoms with Gasteiger partial charge in [0.2, 0.25) is 0 Å². The fourth-order valence-electron chi connectivity index (χ4n) is 1.17. The molecule has 0 amide bonds. The minimum atomic E-state index is -0.101. The summed E-state index contributed by atoms with van der Waals surface area (Å²) < 4.78 is 1.80. The van der Waals surface area contributed by atoms with E-state index in [1.807, 2.05) is 27.0 Å². The summed E-state index contributed by atoms with van der Waals surface area (Å²) in [5.41, 5.74) is 8.85. The normalized spacial score (nSPS) is 13.0. The summed E-state index contributed by atoms with van der Waals surface area (Å²) in [5.74, 6) is 0. The van der Waals surface area contributed by atoms with Gasteiger partial charge in [-0.15, -0.1) is 0 Å². The second-order valence-corrected chi connectivity index (χ2v) is 3.16. The fraction of sp³-hybridized carbons (Fsp3) is 0.444. The molecule has 1 rings (SSSR count). The molecule has 1 heterocycles. The predicted molar refractivity (Wildman–Crippen MR) is 49.7 cm³/mol. The zero-order valence-electron chi connectivity index (χ0n) is 7.83. The molecule has 12 heavy (non-hydrogen) atoms. The Morgan fingerprint density at radius 3 is 2.67 bits per heavy atom. The van der Waals surface area contributed by atoms with Gasteiger partial charge in [-0.25, -0.2) is 0 Å². The van der Waals surface area contributed by atoms with Crippen LogP contribution in [0.2, 0.25) is 0 Å². The molecule has 1 aromatic rings. The highest BCUT2D eigenvalue weighted by Crippen LogP contribution is 2.16. The lowest BCUT2D eigenvalue weighted by Crippen LogP contribution is -2.15. The maximum absolute atomic E-state index is 5.89. The van der Waals surface area contributed by atoms with Crippen LogP contribution in [0.15, 0.2) is 18.2 Å². The Kier molecular flexibility index (Phi) is 2.33. The molecule has 0 saturated heterocycles. The average Bonchev–Trinajstić information content (AvgIpc) is 2.28. The van der Waals surface area contributed by atoms with Crippen LogP contribution < -0.4 is 5.73 Å². The highest BCUT2D eigenvalue weighted by Gasteiger charge is 2.11. The molecule has 0 aliphatic carbocycles.